The van der Waals surface area contributed by atoms with Crippen LogP contribution in [0.15, 0.2) is 0 Å². The van der Waals surface area contributed by atoms with Crippen molar-refractivity contribution in [1.29, 1.82) is 0 Å². The molecule has 1 N–H and O–H groups in total. The molecule has 1 aliphatic heterocycles. The Morgan fingerprint density at radius 2 is 1.74 bits per heavy atom. The Balaban J connectivity index is 2.12. The number of hydrogen-bond donors (Lipinski definition) is 1. The van der Waals surface area contributed by atoms with Crippen molar-refractivity contribution >= 4 is 29.5 Å². The molecule has 2 aliphatic rings. The molecule has 0 radical (unpaired) electrons. The topological polar surface area (TPSA) is 74.7 Å². The van der Waals surface area contributed by atoms with E-state index in [0.29, 0.717) is 11.5 Å². The van der Waals surface area contributed by atoms with Crippen LogP contribution in [0.1, 0.15) is 38.5 Å². The Morgan fingerprint density at radius 3 is 2.26 bits per heavy atom. The summed E-state index contributed by atoms with van der Waals surface area (Å²) in [5.74, 6) is -0.523. The van der Waals surface area contributed by atoms with Crippen LogP contribution < -0.4 is 0 Å². The maximum atomic E-state index is 11.8. The second kappa shape index (κ2) is 5.94. The number of nitrogens with zero attached hydrogens (tertiary/aromatic N) is 1. The van der Waals surface area contributed by atoms with Crippen LogP contribution >= 0.6 is 11.8 Å². The van der Waals surface area contributed by atoms with E-state index >= 15 is 0 Å². The van der Waals surface area contributed by atoms with E-state index in [-0.39, 0.29) is 24.8 Å². The van der Waals surface area contributed by atoms with Gasteiger partial charge < -0.3 is 5.11 Å². The highest BCUT2D eigenvalue weighted by molar-refractivity contribution is 8.00. The summed E-state index contributed by atoms with van der Waals surface area (Å²) in [5, 5.41) is 9.10. The van der Waals surface area contributed by atoms with Gasteiger partial charge >= 0.3 is 5.97 Å². The van der Waals surface area contributed by atoms with Crippen molar-refractivity contribution < 1.29 is 19.5 Å². The fourth-order valence-corrected chi connectivity index (χ4v) is 3.81. The number of carboxylic acid groups (broad SMARTS) is 1. The number of hydrogen-bond acceptors (Lipinski definition) is 4. The molecule has 2 rings (SSSR count). The lowest BCUT2D eigenvalue weighted by Gasteiger charge is -2.40. The first-order valence-electron chi connectivity index (χ1n) is 6.65. The molecule has 1 saturated carbocycles. The third kappa shape index (κ3) is 3.49. The minimum atomic E-state index is -0.840. The van der Waals surface area contributed by atoms with Crippen molar-refractivity contribution in [3.8, 4) is 0 Å². The number of imide groups is 1. The van der Waals surface area contributed by atoms with E-state index < -0.39 is 11.4 Å². The number of aliphatic carboxylic acids is 1. The average molecular weight is 285 g/mol. The SMILES string of the molecule is O=C(O)CC1(CN2C(=O)CSCC2=O)CCCCC1. The van der Waals surface area contributed by atoms with Crippen LogP contribution in [0.5, 0.6) is 0 Å². The standard InChI is InChI=1S/C13H19NO4S/c15-10-7-19-8-11(16)14(10)9-13(6-12(17)18)4-2-1-3-5-13/h1-9H2,(H,17,18). The molecule has 19 heavy (non-hydrogen) atoms. The summed E-state index contributed by atoms with van der Waals surface area (Å²) in [5.41, 5.74) is -0.405. The van der Waals surface area contributed by atoms with E-state index in [1.807, 2.05) is 0 Å². The van der Waals surface area contributed by atoms with Crippen LogP contribution in [-0.2, 0) is 14.4 Å². The summed E-state index contributed by atoms with van der Waals surface area (Å²) >= 11 is 1.33. The zero-order valence-electron chi connectivity index (χ0n) is 10.9. The van der Waals surface area contributed by atoms with E-state index in [1.165, 1.54) is 16.7 Å². The van der Waals surface area contributed by atoms with E-state index in [4.69, 9.17) is 5.11 Å². The van der Waals surface area contributed by atoms with Crippen molar-refractivity contribution in [2.24, 2.45) is 5.41 Å². The summed E-state index contributed by atoms with van der Waals surface area (Å²) in [6, 6.07) is 0. The predicted octanol–water partition coefficient (Wildman–Crippen LogP) is 1.51. The third-order valence-electron chi connectivity index (χ3n) is 3.99. The Hall–Kier alpha value is -1.04. The quantitative estimate of drug-likeness (QED) is 0.793. The van der Waals surface area contributed by atoms with Crippen LogP contribution in [0.3, 0.4) is 0 Å². The summed E-state index contributed by atoms with van der Waals surface area (Å²) in [7, 11) is 0. The molecule has 0 aromatic rings. The molecule has 1 saturated heterocycles. The number of carbonyl (C=O) groups is 3. The first kappa shape index (κ1) is 14.4. The van der Waals surface area contributed by atoms with Crippen LogP contribution in [-0.4, -0.2) is 45.8 Å². The largest absolute Gasteiger partial charge is 0.481 e. The fraction of sp³-hybridized carbons (Fsp3) is 0.769. The van der Waals surface area contributed by atoms with Gasteiger partial charge in [0.1, 0.15) is 0 Å². The molecular formula is C13H19NO4S. The summed E-state index contributed by atoms with van der Waals surface area (Å²) in [6.07, 6.45) is 4.72. The van der Waals surface area contributed by atoms with Gasteiger partial charge in [0.25, 0.3) is 0 Å². The molecule has 0 atom stereocenters. The van der Waals surface area contributed by atoms with Gasteiger partial charge in [-0.3, -0.25) is 19.3 Å². The highest BCUT2D eigenvalue weighted by Crippen LogP contribution is 2.40. The molecule has 0 unspecified atom stereocenters. The third-order valence-corrected chi connectivity index (χ3v) is 4.89. The van der Waals surface area contributed by atoms with Gasteiger partial charge in [-0.25, -0.2) is 0 Å². The van der Waals surface area contributed by atoms with Crippen molar-refractivity contribution in [2.45, 2.75) is 38.5 Å². The first-order valence-corrected chi connectivity index (χ1v) is 7.81. The van der Waals surface area contributed by atoms with E-state index in [1.54, 1.807) is 0 Å². The van der Waals surface area contributed by atoms with Crippen molar-refractivity contribution in [3.05, 3.63) is 0 Å². The van der Waals surface area contributed by atoms with E-state index in [9.17, 15) is 14.4 Å². The predicted molar refractivity (Wildman–Crippen MR) is 71.8 cm³/mol. The molecular weight excluding hydrogens is 266 g/mol. The first-order chi connectivity index (χ1) is 9.02. The van der Waals surface area contributed by atoms with Gasteiger partial charge in [-0.15, -0.1) is 11.8 Å². The second-order valence-corrected chi connectivity index (χ2v) is 6.48. The van der Waals surface area contributed by atoms with Gasteiger partial charge in [0.05, 0.1) is 17.9 Å². The zero-order valence-corrected chi connectivity index (χ0v) is 11.7. The lowest BCUT2D eigenvalue weighted by Crippen LogP contribution is -2.49. The number of amides is 2. The molecule has 2 amide bonds. The molecule has 6 heteroatoms. The van der Waals surface area contributed by atoms with Gasteiger partial charge in [0.2, 0.25) is 11.8 Å². The molecule has 5 nitrogen and oxygen atoms in total. The molecule has 0 aromatic heterocycles. The smallest absolute Gasteiger partial charge is 0.303 e. The highest BCUT2D eigenvalue weighted by Gasteiger charge is 2.39. The summed E-state index contributed by atoms with van der Waals surface area (Å²) in [4.78, 5) is 36.1. The lowest BCUT2D eigenvalue weighted by molar-refractivity contribution is -0.148. The molecule has 0 aromatic carbocycles. The van der Waals surface area contributed by atoms with Crippen molar-refractivity contribution in [1.82, 2.24) is 4.90 Å². The normalized spacial score (nSPS) is 23.5. The zero-order chi connectivity index (χ0) is 13.9. The van der Waals surface area contributed by atoms with E-state index in [2.05, 4.69) is 0 Å². The molecule has 106 valence electrons. The van der Waals surface area contributed by atoms with Gasteiger partial charge in [-0.2, -0.15) is 0 Å². The van der Waals surface area contributed by atoms with Crippen LogP contribution in [0.25, 0.3) is 0 Å². The van der Waals surface area contributed by atoms with Gasteiger partial charge in [-0.1, -0.05) is 19.3 Å². The lowest BCUT2D eigenvalue weighted by atomic mass is 9.71. The molecule has 0 spiro atoms. The van der Waals surface area contributed by atoms with Gasteiger partial charge in [0.15, 0.2) is 0 Å². The Labute approximate surface area is 116 Å². The minimum Gasteiger partial charge on any atom is -0.481 e. The molecule has 2 fully saturated rings. The van der Waals surface area contributed by atoms with Crippen molar-refractivity contribution in [3.63, 3.8) is 0 Å². The van der Waals surface area contributed by atoms with Crippen LogP contribution in [0.4, 0.5) is 0 Å². The fourth-order valence-electron chi connectivity index (χ4n) is 3.05. The molecule has 1 heterocycles. The van der Waals surface area contributed by atoms with Gasteiger partial charge in [-0.05, 0) is 18.3 Å². The number of thioether (sulfide) groups is 1. The number of rotatable bonds is 4. The number of carbonyl (C=O) groups excluding carboxylic acids is 2. The highest BCUT2D eigenvalue weighted by atomic mass is 32.2. The van der Waals surface area contributed by atoms with Gasteiger partial charge in [0, 0.05) is 6.54 Å². The average Bonchev–Trinajstić information content (AvgIpc) is 2.34. The molecule has 0 bridgehead atoms. The van der Waals surface area contributed by atoms with Crippen molar-refractivity contribution in [2.75, 3.05) is 18.1 Å². The summed E-state index contributed by atoms with van der Waals surface area (Å²) < 4.78 is 0. The maximum absolute atomic E-state index is 11.8. The Bertz CT molecular complexity index is 374. The van der Waals surface area contributed by atoms with E-state index in [0.717, 1.165) is 32.1 Å². The Kier molecular flexibility index (Phi) is 4.50. The summed E-state index contributed by atoms with van der Waals surface area (Å²) in [6.45, 7) is 0.289. The maximum Gasteiger partial charge on any atom is 0.303 e. The van der Waals surface area contributed by atoms with Crippen LogP contribution in [0.2, 0.25) is 0 Å². The Morgan fingerprint density at radius 1 is 1.16 bits per heavy atom. The van der Waals surface area contributed by atoms with Crippen LogP contribution in [0, 0.1) is 5.41 Å². The second-order valence-electron chi connectivity index (χ2n) is 5.50. The minimum absolute atomic E-state index is 0.0528. The molecule has 1 aliphatic carbocycles. The number of carboxylic acids is 1. The monoisotopic (exact) mass is 285 g/mol.